The lowest BCUT2D eigenvalue weighted by molar-refractivity contribution is 0.253. The summed E-state index contributed by atoms with van der Waals surface area (Å²) in [6.45, 7) is 6.14. The van der Waals surface area contributed by atoms with Crippen molar-refractivity contribution >= 4 is 0 Å². The van der Waals surface area contributed by atoms with E-state index in [1.165, 1.54) is 32.1 Å². The van der Waals surface area contributed by atoms with Gasteiger partial charge < -0.3 is 0 Å². The van der Waals surface area contributed by atoms with E-state index >= 15 is 0 Å². The molecule has 1 spiro atoms. The molecule has 0 saturated heterocycles. The van der Waals surface area contributed by atoms with Crippen LogP contribution in [0, 0.1) is 16.7 Å². The van der Waals surface area contributed by atoms with Gasteiger partial charge in [-0.25, -0.2) is 0 Å². The molecular formula is C14H26. The minimum absolute atomic E-state index is 0.220. The zero-order valence-corrected chi connectivity index (χ0v) is 10.0. The maximum absolute atomic E-state index is 8.39. The van der Waals surface area contributed by atoms with Gasteiger partial charge in [0.15, 0.2) is 0 Å². The van der Waals surface area contributed by atoms with Gasteiger partial charge in [-0.2, -0.15) is 0 Å². The second kappa shape index (κ2) is 3.54. The zero-order chi connectivity index (χ0) is 12.0. The van der Waals surface area contributed by atoms with Crippen LogP contribution in [0.4, 0.5) is 0 Å². The second-order valence-corrected chi connectivity index (χ2v) is 6.54. The van der Waals surface area contributed by atoms with Crippen LogP contribution >= 0.6 is 0 Å². The van der Waals surface area contributed by atoms with E-state index in [0.29, 0.717) is 11.3 Å². The molecule has 0 heteroatoms. The molecule has 2 saturated carbocycles. The van der Waals surface area contributed by atoms with Gasteiger partial charge >= 0.3 is 0 Å². The van der Waals surface area contributed by atoms with Gasteiger partial charge in [-0.1, -0.05) is 33.6 Å². The van der Waals surface area contributed by atoms with Crippen LogP contribution in [0.1, 0.15) is 74.8 Å². The topological polar surface area (TPSA) is 0 Å². The van der Waals surface area contributed by atoms with Gasteiger partial charge in [0.25, 0.3) is 0 Å². The van der Waals surface area contributed by atoms with Crippen LogP contribution in [-0.2, 0) is 0 Å². The first kappa shape index (κ1) is 8.19. The van der Waals surface area contributed by atoms with Crippen molar-refractivity contribution in [3.05, 3.63) is 0 Å². The molecule has 14 heavy (non-hydrogen) atoms. The third-order valence-electron chi connectivity index (χ3n) is 4.00. The summed E-state index contributed by atoms with van der Waals surface area (Å²) in [5.41, 5.74) is 0.324. The van der Waals surface area contributed by atoms with E-state index in [0.717, 1.165) is 12.8 Å². The van der Waals surface area contributed by atoms with Crippen molar-refractivity contribution in [2.45, 2.75) is 72.1 Å². The van der Waals surface area contributed by atoms with Gasteiger partial charge in [0, 0.05) is 2.74 Å². The Hall–Kier alpha value is 0. The van der Waals surface area contributed by atoms with E-state index in [-0.39, 0.29) is 5.41 Å². The molecule has 0 aromatic rings. The molecule has 0 aromatic carbocycles. The van der Waals surface area contributed by atoms with Crippen LogP contribution in [0.5, 0.6) is 0 Å². The molecule has 2 fully saturated rings. The Kier molecular flexibility index (Phi) is 2.07. The molecule has 0 nitrogen and oxygen atoms in total. The maximum Gasteiger partial charge on any atom is 0.0275 e. The molecule has 1 unspecified atom stereocenters. The molecule has 0 amide bonds. The van der Waals surface area contributed by atoms with Crippen molar-refractivity contribution in [2.75, 3.05) is 0 Å². The van der Waals surface area contributed by atoms with Gasteiger partial charge in [-0.3, -0.25) is 0 Å². The summed E-state index contributed by atoms with van der Waals surface area (Å²) in [5, 5.41) is 0. The minimum atomic E-state index is -1.00. The highest BCUT2D eigenvalue weighted by atomic mass is 14.5. The van der Waals surface area contributed by atoms with Crippen molar-refractivity contribution in [1.29, 1.82) is 0 Å². The van der Waals surface area contributed by atoms with E-state index in [1.54, 1.807) is 0 Å². The highest BCUT2D eigenvalue weighted by Gasteiger charge is 2.41. The highest BCUT2D eigenvalue weighted by molar-refractivity contribution is 4.93. The molecule has 2 rings (SSSR count). The summed E-state index contributed by atoms with van der Waals surface area (Å²) in [5.74, 6) is 0.297. The van der Waals surface area contributed by atoms with Crippen molar-refractivity contribution in [1.82, 2.24) is 0 Å². The smallest absolute Gasteiger partial charge is 0.0275 e. The van der Waals surface area contributed by atoms with E-state index in [1.807, 2.05) is 20.8 Å². The molecule has 2 aliphatic carbocycles. The Morgan fingerprint density at radius 3 is 2.43 bits per heavy atom. The third-order valence-corrected chi connectivity index (χ3v) is 4.00. The van der Waals surface area contributed by atoms with Gasteiger partial charge in [-0.05, 0) is 55.2 Å². The lowest BCUT2D eigenvalue weighted by atomic mass is 9.80. The molecule has 1 atom stereocenters. The SMILES string of the molecule is [2H]C([2H])(C1CCC2(CCCC2)C1)C(C)(C)C. The van der Waals surface area contributed by atoms with Gasteiger partial charge in [-0.15, -0.1) is 0 Å². The Morgan fingerprint density at radius 1 is 1.21 bits per heavy atom. The molecule has 0 aromatic heterocycles. The first-order valence-electron chi connectivity index (χ1n) is 7.27. The summed E-state index contributed by atoms with van der Waals surface area (Å²) >= 11 is 0. The van der Waals surface area contributed by atoms with Crippen LogP contribution in [0.2, 0.25) is 0 Å². The Bertz CT molecular complexity index is 256. The summed E-state index contributed by atoms with van der Waals surface area (Å²) in [4.78, 5) is 0. The molecule has 2 aliphatic rings. The van der Waals surface area contributed by atoms with E-state index < -0.39 is 6.37 Å². The molecule has 82 valence electrons. The van der Waals surface area contributed by atoms with Crippen molar-refractivity contribution in [2.24, 2.45) is 16.7 Å². The van der Waals surface area contributed by atoms with Crippen molar-refractivity contribution in [3.63, 3.8) is 0 Å². The second-order valence-electron chi connectivity index (χ2n) is 6.54. The standard InChI is InChI=1S/C14H26/c1-13(2,3)10-12-6-9-14(11-12)7-4-5-8-14/h12H,4-11H2,1-3H3/i10D2. The summed E-state index contributed by atoms with van der Waals surface area (Å²) < 4.78 is 16.8. The summed E-state index contributed by atoms with van der Waals surface area (Å²) in [7, 11) is 0. The van der Waals surface area contributed by atoms with Gasteiger partial charge in [0.1, 0.15) is 0 Å². The molecule has 0 bridgehead atoms. The summed E-state index contributed by atoms with van der Waals surface area (Å²) in [6.07, 6.45) is 8.04. The number of hydrogen-bond acceptors (Lipinski definition) is 0. The van der Waals surface area contributed by atoms with E-state index in [2.05, 4.69) is 0 Å². The van der Waals surface area contributed by atoms with Gasteiger partial charge in [0.05, 0.1) is 0 Å². The number of rotatable bonds is 1. The lowest BCUT2D eigenvalue weighted by Crippen LogP contribution is -2.14. The lowest BCUT2D eigenvalue weighted by Gasteiger charge is -2.26. The van der Waals surface area contributed by atoms with Crippen LogP contribution in [0.25, 0.3) is 0 Å². The maximum atomic E-state index is 8.39. The quantitative estimate of drug-likeness (QED) is 0.566. The normalized spacial score (nSPS) is 34.6. The van der Waals surface area contributed by atoms with E-state index in [9.17, 15) is 0 Å². The molecule has 0 radical (unpaired) electrons. The Labute approximate surface area is 92.3 Å². The average Bonchev–Trinajstić information content (AvgIpc) is 2.75. The Morgan fingerprint density at radius 2 is 1.86 bits per heavy atom. The zero-order valence-electron chi connectivity index (χ0n) is 12.0. The fourth-order valence-corrected chi connectivity index (χ4v) is 3.52. The van der Waals surface area contributed by atoms with Crippen LogP contribution < -0.4 is 0 Å². The molecule has 0 aliphatic heterocycles. The first-order chi connectivity index (χ1) is 7.27. The predicted octanol–water partition coefficient (Wildman–Crippen LogP) is 4.78. The first-order valence-corrected chi connectivity index (χ1v) is 6.27. The summed E-state index contributed by atoms with van der Waals surface area (Å²) in [6, 6.07) is 0. The Balaban J connectivity index is 2.08. The molecule has 0 heterocycles. The van der Waals surface area contributed by atoms with Crippen LogP contribution in [0.3, 0.4) is 0 Å². The number of hydrogen-bond donors (Lipinski definition) is 0. The highest BCUT2D eigenvalue weighted by Crippen LogP contribution is 2.54. The minimum Gasteiger partial charge on any atom is -0.0602 e. The van der Waals surface area contributed by atoms with E-state index in [4.69, 9.17) is 2.74 Å². The molecule has 0 N–H and O–H groups in total. The third kappa shape index (κ3) is 2.32. The molecular weight excluding hydrogens is 168 g/mol. The van der Waals surface area contributed by atoms with Crippen LogP contribution in [0.15, 0.2) is 0 Å². The fraction of sp³-hybridized carbons (Fsp3) is 1.00. The monoisotopic (exact) mass is 196 g/mol. The predicted molar refractivity (Wildman–Crippen MR) is 62.3 cm³/mol. The van der Waals surface area contributed by atoms with Crippen molar-refractivity contribution < 1.29 is 2.74 Å². The largest absolute Gasteiger partial charge is 0.0602 e. The van der Waals surface area contributed by atoms with Crippen molar-refractivity contribution in [3.8, 4) is 0 Å². The van der Waals surface area contributed by atoms with Gasteiger partial charge in [0.2, 0.25) is 0 Å². The average molecular weight is 196 g/mol. The van der Waals surface area contributed by atoms with Crippen LogP contribution in [-0.4, -0.2) is 0 Å². The fourth-order valence-electron chi connectivity index (χ4n) is 3.52.